The topological polar surface area (TPSA) is 46.3 Å². The molecule has 0 aromatic heterocycles. The van der Waals surface area contributed by atoms with Crippen molar-refractivity contribution < 1.29 is 4.79 Å². The van der Waals surface area contributed by atoms with Gasteiger partial charge < -0.3 is 5.73 Å². The van der Waals surface area contributed by atoms with Crippen LogP contribution in [0.5, 0.6) is 0 Å². The van der Waals surface area contributed by atoms with Crippen LogP contribution in [-0.2, 0) is 4.79 Å². The monoisotopic (exact) mass is 210 g/mol. The van der Waals surface area contributed by atoms with Crippen molar-refractivity contribution in [2.45, 2.75) is 51.6 Å². The Balaban J connectivity index is 2.75. The third-order valence-electron chi connectivity index (χ3n) is 2.82. The van der Waals surface area contributed by atoms with Crippen molar-refractivity contribution in [3.8, 4) is 0 Å². The SMILES string of the molecule is CC(C)(C)N(CC(N)=O)[C@H]1C=CCCC1. The van der Waals surface area contributed by atoms with E-state index in [2.05, 4.69) is 37.8 Å². The van der Waals surface area contributed by atoms with Crippen molar-refractivity contribution in [2.75, 3.05) is 6.54 Å². The third-order valence-corrected chi connectivity index (χ3v) is 2.82. The van der Waals surface area contributed by atoms with Crippen LogP contribution in [-0.4, -0.2) is 28.9 Å². The van der Waals surface area contributed by atoms with Gasteiger partial charge in [-0.05, 0) is 40.0 Å². The number of carbonyl (C=O) groups excluding carboxylic acids is 1. The van der Waals surface area contributed by atoms with Crippen molar-refractivity contribution in [2.24, 2.45) is 5.73 Å². The summed E-state index contributed by atoms with van der Waals surface area (Å²) in [6, 6.07) is 0.367. The van der Waals surface area contributed by atoms with Gasteiger partial charge in [0.1, 0.15) is 0 Å². The molecule has 1 aliphatic carbocycles. The predicted octanol–water partition coefficient (Wildman–Crippen LogP) is 1.68. The lowest BCUT2D eigenvalue weighted by Gasteiger charge is -2.40. The van der Waals surface area contributed by atoms with E-state index < -0.39 is 0 Å². The molecule has 15 heavy (non-hydrogen) atoms. The highest BCUT2D eigenvalue weighted by atomic mass is 16.1. The normalized spacial score (nSPS) is 22.0. The first-order valence-corrected chi connectivity index (χ1v) is 5.63. The summed E-state index contributed by atoms with van der Waals surface area (Å²) in [5.41, 5.74) is 5.28. The zero-order valence-corrected chi connectivity index (χ0v) is 9.99. The second kappa shape index (κ2) is 4.79. The standard InChI is InChI=1S/C12H22N2O/c1-12(2,3)14(9-11(13)15)10-7-5-4-6-8-10/h5,7,10H,4,6,8-9H2,1-3H3,(H2,13,15)/t10-/m0/s1. The summed E-state index contributed by atoms with van der Waals surface area (Å²) in [6.45, 7) is 6.72. The van der Waals surface area contributed by atoms with Crippen LogP contribution in [0, 0.1) is 0 Å². The fourth-order valence-corrected chi connectivity index (χ4v) is 2.07. The second-order valence-electron chi connectivity index (χ2n) is 5.19. The lowest BCUT2D eigenvalue weighted by Crippen LogP contribution is -2.51. The van der Waals surface area contributed by atoms with Gasteiger partial charge in [-0.3, -0.25) is 9.69 Å². The second-order valence-corrected chi connectivity index (χ2v) is 5.19. The maximum Gasteiger partial charge on any atom is 0.231 e. The van der Waals surface area contributed by atoms with Gasteiger partial charge in [0.15, 0.2) is 0 Å². The Kier molecular flexibility index (Phi) is 3.91. The molecule has 1 aliphatic rings. The molecule has 0 aromatic carbocycles. The number of carbonyl (C=O) groups is 1. The van der Waals surface area contributed by atoms with Gasteiger partial charge in [-0.25, -0.2) is 0 Å². The molecule has 0 saturated heterocycles. The Morgan fingerprint density at radius 3 is 2.60 bits per heavy atom. The van der Waals surface area contributed by atoms with Crippen LogP contribution in [0.25, 0.3) is 0 Å². The van der Waals surface area contributed by atoms with E-state index in [1.165, 1.54) is 6.42 Å². The fourth-order valence-electron chi connectivity index (χ4n) is 2.07. The summed E-state index contributed by atoms with van der Waals surface area (Å²) in [4.78, 5) is 13.2. The largest absolute Gasteiger partial charge is 0.369 e. The van der Waals surface area contributed by atoms with E-state index in [1.807, 2.05) is 0 Å². The highest BCUT2D eigenvalue weighted by Gasteiger charge is 2.29. The average Bonchev–Trinajstić information content (AvgIpc) is 2.14. The highest BCUT2D eigenvalue weighted by molar-refractivity contribution is 5.76. The molecule has 86 valence electrons. The Morgan fingerprint density at radius 1 is 1.53 bits per heavy atom. The predicted molar refractivity (Wildman–Crippen MR) is 62.4 cm³/mol. The highest BCUT2D eigenvalue weighted by Crippen LogP contribution is 2.23. The zero-order chi connectivity index (χ0) is 11.5. The number of nitrogens with zero attached hydrogens (tertiary/aromatic N) is 1. The first-order valence-electron chi connectivity index (χ1n) is 5.63. The van der Waals surface area contributed by atoms with Crippen LogP contribution in [0.3, 0.4) is 0 Å². The van der Waals surface area contributed by atoms with Crippen molar-refractivity contribution >= 4 is 5.91 Å². The van der Waals surface area contributed by atoms with Crippen molar-refractivity contribution in [3.63, 3.8) is 0 Å². The summed E-state index contributed by atoms with van der Waals surface area (Å²) >= 11 is 0. The number of hydrogen-bond acceptors (Lipinski definition) is 2. The van der Waals surface area contributed by atoms with Gasteiger partial charge in [-0.1, -0.05) is 12.2 Å². The zero-order valence-electron chi connectivity index (χ0n) is 9.99. The van der Waals surface area contributed by atoms with Crippen molar-refractivity contribution in [1.29, 1.82) is 0 Å². The van der Waals surface area contributed by atoms with Crippen LogP contribution in [0.15, 0.2) is 12.2 Å². The maximum absolute atomic E-state index is 11.1. The molecule has 1 atom stereocenters. The van der Waals surface area contributed by atoms with Gasteiger partial charge in [0.05, 0.1) is 6.54 Å². The molecule has 1 rings (SSSR count). The molecule has 0 bridgehead atoms. The van der Waals surface area contributed by atoms with Gasteiger partial charge in [0.25, 0.3) is 0 Å². The minimum atomic E-state index is -0.246. The van der Waals surface area contributed by atoms with Gasteiger partial charge >= 0.3 is 0 Å². The molecule has 3 nitrogen and oxygen atoms in total. The molecule has 0 fully saturated rings. The number of nitrogens with two attached hydrogens (primary N) is 1. The number of amides is 1. The Hall–Kier alpha value is -0.830. The first-order chi connectivity index (χ1) is 6.91. The van der Waals surface area contributed by atoms with E-state index in [4.69, 9.17) is 5.73 Å². The molecule has 0 radical (unpaired) electrons. The molecule has 0 heterocycles. The maximum atomic E-state index is 11.1. The van der Waals surface area contributed by atoms with Crippen LogP contribution in [0.2, 0.25) is 0 Å². The Labute approximate surface area is 92.3 Å². The quantitative estimate of drug-likeness (QED) is 0.720. The first kappa shape index (κ1) is 12.2. The minimum absolute atomic E-state index is 0.0125. The number of rotatable bonds is 3. The van der Waals surface area contributed by atoms with Crippen molar-refractivity contribution in [3.05, 3.63) is 12.2 Å². The molecule has 0 spiro atoms. The molecular weight excluding hydrogens is 188 g/mol. The molecule has 1 amide bonds. The minimum Gasteiger partial charge on any atom is -0.369 e. The molecule has 3 heteroatoms. The fraction of sp³-hybridized carbons (Fsp3) is 0.750. The van der Waals surface area contributed by atoms with E-state index in [9.17, 15) is 4.79 Å². The number of primary amides is 1. The van der Waals surface area contributed by atoms with Crippen LogP contribution in [0.1, 0.15) is 40.0 Å². The van der Waals surface area contributed by atoms with Crippen molar-refractivity contribution in [1.82, 2.24) is 4.90 Å². The van der Waals surface area contributed by atoms with E-state index in [-0.39, 0.29) is 11.4 Å². The average molecular weight is 210 g/mol. The van der Waals surface area contributed by atoms with Gasteiger partial charge in [-0.15, -0.1) is 0 Å². The van der Waals surface area contributed by atoms with Gasteiger partial charge in [-0.2, -0.15) is 0 Å². The molecule has 0 unspecified atom stereocenters. The Morgan fingerprint density at radius 2 is 2.20 bits per heavy atom. The van der Waals surface area contributed by atoms with E-state index in [0.717, 1.165) is 12.8 Å². The summed E-state index contributed by atoms with van der Waals surface area (Å²) < 4.78 is 0. The summed E-state index contributed by atoms with van der Waals surface area (Å²) in [7, 11) is 0. The summed E-state index contributed by atoms with van der Waals surface area (Å²) in [5, 5.41) is 0. The lowest BCUT2D eigenvalue weighted by molar-refractivity contribution is -0.121. The molecule has 0 saturated carbocycles. The lowest BCUT2D eigenvalue weighted by atomic mass is 9.95. The van der Waals surface area contributed by atoms with Crippen LogP contribution in [0.4, 0.5) is 0 Å². The van der Waals surface area contributed by atoms with Gasteiger partial charge in [0.2, 0.25) is 5.91 Å². The summed E-state index contributed by atoms with van der Waals surface area (Å²) in [6.07, 6.45) is 7.89. The Bertz CT molecular complexity index is 253. The van der Waals surface area contributed by atoms with Gasteiger partial charge in [0, 0.05) is 11.6 Å². The number of hydrogen-bond donors (Lipinski definition) is 1. The smallest absolute Gasteiger partial charge is 0.231 e. The molecular formula is C12H22N2O. The van der Waals surface area contributed by atoms with Crippen LogP contribution >= 0.6 is 0 Å². The third kappa shape index (κ3) is 3.67. The molecule has 0 aliphatic heterocycles. The van der Waals surface area contributed by atoms with E-state index >= 15 is 0 Å². The van der Waals surface area contributed by atoms with E-state index in [1.54, 1.807) is 0 Å². The molecule has 0 aromatic rings. The summed E-state index contributed by atoms with van der Waals surface area (Å²) in [5.74, 6) is -0.246. The van der Waals surface area contributed by atoms with E-state index in [0.29, 0.717) is 12.6 Å². The number of allylic oxidation sites excluding steroid dienone is 1. The molecule has 2 N–H and O–H groups in total. The van der Waals surface area contributed by atoms with Crippen LogP contribution < -0.4 is 5.73 Å².